The van der Waals surface area contributed by atoms with Gasteiger partial charge >= 0.3 is 0 Å². The molecule has 4 heteroatoms. The summed E-state index contributed by atoms with van der Waals surface area (Å²) in [4.78, 5) is 0. The zero-order valence-electron chi connectivity index (χ0n) is 9.75. The highest BCUT2D eigenvalue weighted by molar-refractivity contribution is 14.1. The lowest BCUT2D eigenvalue weighted by molar-refractivity contribution is 0.190. The van der Waals surface area contributed by atoms with Gasteiger partial charge in [-0.05, 0) is 24.1 Å². The van der Waals surface area contributed by atoms with Crippen LogP contribution in [-0.4, -0.2) is 18.3 Å². The van der Waals surface area contributed by atoms with E-state index in [0.717, 1.165) is 40.5 Å². The molecule has 17 heavy (non-hydrogen) atoms. The quantitative estimate of drug-likeness (QED) is 0.457. The Bertz CT molecular complexity index is 509. The van der Waals surface area contributed by atoms with Gasteiger partial charge in [0.15, 0.2) is 0 Å². The van der Waals surface area contributed by atoms with Crippen LogP contribution in [0.2, 0.25) is 0 Å². The predicted molar refractivity (Wildman–Crippen MR) is 76.1 cm³/mol. The molecule has 0 aliphatic carbocycles. The molecule has 0 atom stereocenters. The first-order valence-electron chi connectivity index (χ1n) is 5.59. The number of halogens is 2. The number of ether oxygens (including phenoxy) is 1. The molecule has 0 aliphatic rings. The Kier molecular flexibility index (Phi) is 4.39. The van der Waals surface area contributed by atoms with Gasteiger partial charge in [-0.15, -0.1) is 0 Å². The Hall–Kier alpha value is -0.620. The van der Waals surface area contributed by atoms with Crippen LogP contribution in [0, 0.1) is 5.82 Å². The molecule has 92 valence electrons. The first-order chi connectivity index (χ1) is 8.27. The van der Waals surface area contributed by atoms with Crippen LogP contribution in [0.1, 0.15) is 12.0 Å². The Balaban J connectivity index is 2.39. The Morgan fingerprint density at radius 2 is 2.24 bits per heavy atom. The van der Waals surface area contributed by atoms with Gasteiger partial charge < -0.3 is 9.30 Å². The second-order valence-electron chi connectivity index (χ2n) is 3.96. The van der Waals surface area contributed by atoms with Crippen molar-refractivity contribution in [2.45, 2.75) is 17.4 Å². The summed E-state index contributed by atoms with van der Waals surface area (Å²) in [6.07, 6.45) is 2.99. The topological polar surface area (TPSA) is 14.2 Å². The average Bonchev–Trinajstić information content (AvgIpc) is 2.70. The van der Waals surface area contributed by atoms with Crippen LogP contribution in [0.25, 0.3) is 10.9 Å². The molecule has 0 amide bonds. The van der Waals surface area contributed by atoms with Crippen molar-refractivity contribution in [3.05, 3.63) is 35.8 Å². The molecule has 0 radical (unpaired) electrons. The van der Waals surface area contributed by atoms with Gasteiger partial charge in [-0.1, -0.05) is 28.7 Å². The van der Waals surface area contributed by atoms with E-state index >= 15 is 0 Å². The van der Waals surface area contributed by atoms with E-state index in [4.69, 9.17) is 4.74 Å². The number of aromatic nitrogens is 1. The molecule has 0 N–H and O–H groups in total. The highest BCUT2D eigenvalue weighted by Gasteiger charge is 2.11. The largest absolute Gasteiger partial charge is 0.385 e. The zero-order chi connectivity index (χ0) is 12.3. The molecule has 1 heterocycles. The highest BCUT2D eigenvalue weighted by atomic mass is 127. The van der Waals surface area contributed by atoms with E-state index in [2.05, 4.69) is 33.4 Å². The van der Waals surface area contributed by atoms with E-state index < -0.39 is 0 Å². The maximum Gasteiger partial charge on any atom is 0.132 e. The minimum atomic E-state index is -0.125. The van der Waals surface area contributed by atoms with Crippen molar-refractivity contribution < 1.29 is 9.13 Å². The van der Waals surface area contributed by atoms with Gasteiger partial charge in [0.05, 0.1) is 5.52 Å². The third kappa shape index (κ3) is 2.63. The first-order valence-corrected chi connectivity index (χ1v) is 7.11. The maximum absolute atomic E-state index is 13.8. The summed E-state index contributed by atoms with van der Waals surface area (Å²) >= 11 is 2.27. The highest BCUT2D eigenvalue weighted by Crippen LogP contribution is 2.26. The second-order valence-corrected chi connectivity index (χ2v) is 4.72. The van der Waals surface area contributed by atoms with Crippen molar-refractivity contribution in [2.24, 2.45) is 0 Å². The number of methoxy groups -OCH3 is 1. The molecule has 0 aliphatic heterocycles. The fourth-order valence-corrected chi connectivity index (χ4v) is 2.64. The van der Waals surface area contributed by atoms with Crippen LogP contribution in [0.15, 0.2) is 24.4 Å². The molecular formula is C13H15FINO. The molecule has 0 bridgehead atoms. The van der Waals surface area contributed by atoms with Gasteiger partial charge in [0.25, 0.3) is 0 Å². The number of fused-ring (bicyclic) bond motifs is 1. The molecule has 2 aromatic rings. The van der Waals surface area contributed by atoms with E-state index in [0.29, 0.717) is 0 Å². The molecule has 1 aromatic heterocycles. The number of hydrogen-bond acceptors (Lipinski definition) is 1. The fraction of sp³-hybridized carbons (Fsp3) is 0.385. The number of hydrogen-bond donors (Lipinski definition) is 0. The lowest BCUT2D eigenvalue weighted by atomic mass is 10.2. The summed E-state index contributed by atoms with van der Waals surface area (Å²) in [5.41, 5.74) is 2.05. The van der Waals surface area contributed by atoms with Crippen LogP contribution in [0.3, 0.4) is 0 Å². The van der Waals surface area contributed by atoms with Gasteiger partial charge in [-0.2, -0.15) is 0 Å². The number of benzene rings is 1. The average molecular weight is 347 g/mol. The fourth-order valence-electron chi connectivity index (χ4n) is 2.06. The van der Waals surface area contributed by atoms with E-state index in [1.54, 1.807) is 13.2 Å². The van der Waals surface area contributed by atoms with Gasteiger partial charge in [0.2, 0.25) is 0 Å². The molecule has 0 saturated heterocycles. The Morgan fingerprint density at radius 1 is 1.41 bits per heavy atom. The SMILES string of the molecule is COCCCn1cc(CI)c2c(F)cccc21. The van der Waals surface area contributed by atoms with Crippen molar-refractivity contribution in [1.82, 2.24) is 4.57 Å². The minimum absolute atomic E-state index is 0.125. The summed E-state index contributed by atoms with van der Waals surface area (Å²) in [7, 11) is 1.70. The number of rotatable bonds is 5. The normalized spacial score (nSPS) is 11.2. The summed E-state index contributed by atoms with van der Waals surface area (Å²) in [5.74, 6) is -0.125. The zero-order valence-corrected chi connectivity index (χ0v) is 11.9. The van der Waals surface area contributed by atoms with E-state index in [1.165, 1.54) is 6.07 Å². The van der Waals surface area contributed by atoms with Crippen molar-refractivity contribution >= 4 is 33.5 Å². The smallest absolute Gasteiger partial charge is 0.132 e. The van der Waals surface area contributed by atoms with Crippen molar-refractivity contribution in [1.29, 1.82) is 0 Å². The first kappa shape index (κ1) is 12.8. The predicted octanol–water partition coefficient (Wildman–Crippen LogP) is 3.75. The Morgan fingerprint density at radius 3 is 2.94 bits per heavy atom. The van der Waals surface area contributed by atoms with Crippen LogP contribution in [0.5, 0.6) is 0 Å². The number of nitrogens with zero attached hydrogens (tertiary/aromatic N) is 1. The van der Waals surface area contributed by atoms with E-state index in [-0.39, 0.29) is 5.82 Å². The Labute approximate surface area is 114 Å². The molecule has 2 rings (SSSR count). The third-order valence-electron chi connectivity index (χ3n) is 2.83. The van der Waals surface area contributed by atoms with Crippen LogP contribution >= 0.6 is 22.6 Å². The molecule has 2 nitrogen and oxygen atoms in total. The van der Waals surface area contributed by atoms with E-state index in [1.807, 2.05) is 6.07 Å². The summed E-state index contributed by atoms with van der Waals surface area (Å²) in [6, 6.07) is 5.26. The van der Waals surface area contributed by atoms with Crippen molar-refractivity contribution in [3.63, 3.8) is 0 Å². The molecule has 0 saturated carbocycles. The van der Waals surface area contributed by atoms with Crippen LogP contribution in [-0.2, 0) is 15.7 Å². The molecule has 1 aromatic carbocycles. The maximum atomic E-state index is 13.8. The molecule has 0 unspecified atom stereocenters. The monoisotopic (exact) mass is 347 g/mol. The minimum Gasteiger partial charge on any atom is -0.385 e. The van der Waals surface area contributed by atoms with Gasteiger partial charge in [-0.3, -0.25) is 0 Å². The van der Waals surface area contributed by atoms with Gasteiger partial charge in [0.1, 0.15) is 5.82 Å². The standard InChI is InChI=1S/C13H15FINO/c1-17-7-3-6-16-9-10(8-15)13-11(14)4-2-5-12(13)16/h2,4-5,9H,3,6-8H2,1H3. The van der Waals surface area contributed by atoms with Crippen LogP contribution in [0.4, 0.5) is 4.39 Å². The summed E-state index contributed by atoms with van der Waals surface area (Å²) in [5, 5.41) is 0.763. The van der Waals surface area contributed by atoms with Crippen LogP contribution < -0.4 is 0 Å². The van der Waals surface area contributed by atoms with Crippen molar-refractivity contribution in [2.75, 3.05) is 13.7 Å². The van der Waals surface area contributed by atoms with Crippen molar-refractivity contribution in [3.8, 4) is 0 Å². The summed E-state index contributed by atoms with van der Waals surface area (Å²) < 4.78 is 21.8. The molecule has 0 spiro atoms. The number of aryl methyl sites for hydroxylation is 1. The van der Waals surface area contributed by atoms with Gasteiger partial charge in [0, 0.05) is 36.3 Å². The lowest BCUT2D eigenvalue weighted by Gasteiger charge is -2.04. The number of alkyl halides is 1. The molecular weight excluding hydrogens is 332 g/mol. The summed E-state index contributed by atoms with van der Waals surface area (Å²) in [6.45, 7) is 1.60. The second kappa shape index (κ2) is 5.82. The lowest BCUT2D eigenvalue weighted by Crippen LogP contribution is -1.99. The third-order valence-corrected chi connectivity index (χ3v) is 3.65. The molecule has 0 fully saturated rings. The van der Waals surface area contributed by atoms with E-state index in [9.17, 15) is 4.39 Å². The van der Waals surface area contributed by atoms with Gasteiger partial charge in [-0.25, -0.2) is 4.39 Å².